The maximum absolute atomic E-state index is 12.4. The van der Waals surface area contributed by atoms with Crippen LogP contribution in [0.15, 0.2) is 24.3 Å². The van der Waals surface area contributed by atoms with Gasteiger partial charge in [-0.1, -0.05) is 6.92 Å². The number of ether oxygens (including phenoxy) is 1. The van der Waals surface area contributed by atoms with Crippen LogP contribution in [0.4, 0.5) is 10.5 Å². The number of hydrogen-bond acceptors (Lipinski definition) is 4. The molecule has 0 unspecified atom stereocenters. The highest BCUT2D eigenvalue weighted by Crippen LogP contribution is 2.15. The van der Waals surface area contributed by atoms with Gasteiger partial charge in [-0.25, -0.2) is 9.59 Å². The highest BCUT2D eigenvalue weighted by Gasteiger charge is 2.29. The number of nitrogens with zero attached hydrogens (tertiary/aromatic N) is 1. The van der Waals surface area contributed by atoms with Gasteiger partial charge in [0.1, 0.15) is 11.6 Å². The Kier molecular flexibility index (Phi) is 6.97. The minimum absolute atomic E-state index is 0.132. The van der Waals surface area contributed by atoms with Crippen molar-refractivity contribution in [3.8, 4) is 0 Å². The second-order valence-electron chi connectivity index (χ2n) is 6.72. The second kappa shape index (κ2) is 8.50. The van der Waals surface area contributed by atoms with E-state index in [2.05, 4.69) is 5.32 Å². The summed E-state index contributed by atoms with van der Waals surface area (Å²) in [6.45, 7) is 9.23. The van der Waals surface area contributed by atoms with Crippen molar-refractivity contribution in [2.45, 2.75) is 52.7 Å². The van der Waals surface area contributed by atoms with E-state index in [1.165, 1.54) is 29.2 Å². The fraction of sp³-hybridized carbons (Fsp3) is 0.500. The predicted molar refractivity (Wildman–Crippen MR) is 94.7 cm³/mol. The summed E-state index contributed by atoms with van der Waals surface area (Å²) in [4.78, 5) is 37.0. The first-order valence-electron chi connectivity index (χ1n) is 8.19. The van der Waals surface area contributed by atoms with Crippen LogP contribution in [0.2, 0.25) is 0 Å². The fourth-order valence-electron chi connectivity index (χ4n) is 2.09. The van der Waals surface area contributed by atoms with Crippen LogP contribution in [-0.4, -0.2) is 46.2 Å². The Balaban J connectivity index is 2.82. The molecule has 0 heterocycles. The maximum atomic E-state index is 12.4. The molecule has 0 bridgehead atoms. The molecule has 0 spiro atoms. The molecule has 0 aliphatic rings. The topological polar surface area (TPSA) is 95.9 Å². The molecule has 25 heavy (non-hydrogen) atoms. The van der Waals surface area contributed by atoms with Crippen LogP contribution in [-0.2, 0) is 9.53 Å². The number of benzene rings is 1. The third kappa shape index (κ3) is 6.45. The molecule has 0 aliphatic carbocycles. The van der Waals surface area contributed by atoms with Gasteiger partial charge >= 0.3 is 12.1 Å². The fourth-order valence-corrected chi connectivity index (χ4v) is 2.09. The number of nitrogens with one attached hydrogen (secondary N) is 1. The van der Waals surface area contributed by atoms with Crippen molar-refractivity contribution in [2.24, 2.45) is 0 Å². The van der Waals surface area contributed by atoms with Crippen molar-refractivity contribution < 1.29 is 24.2 Å². The summed E-state index contributed by atoms with van der Waals surface area (Å²) in [7, 11) is 0. The third-order valence-electron chi connectivity index (χ3n) is 3.34. The Labute approximate surface area is 148 Å². The Bertz CT molecular complexity index is 619. The van der Waals surface area contributed by atoms with Crippen molar-refractivity contribution in [1.82, 2.24) is 4.90 Å². The number of carboxylic acid groups (broad SMARTS) is 1. The number of hydrogen-bond donors (Lipinski definition) is 2. The van der Waals surface area contributed by atoms with Crippen molar-refractivity contribution in [1.29, 1.82) is 0 Å². The summed E-state index contributed by atoms with van der Waals surface area (Å²) in [5.41, 5.74) is -0.0544. The maximum Gasteiger partial charge on any atom is 0.410 e. The van der Waals surface area contributed by atoms with E-state index in [-0.39, 0.29) is 11.5 Å². The number of carbonyl (C=O) groups is 3. The molecule has 0 saturated carbocycles. The van der Waals surface area contributed by atoms with Gasteiger partial charge in [0.2, 0.25) is 5.91 Å². The number of carboxylic acids is 1. The van der Waals surface area contributed by atoms with Crippen LogP contribution in [0.5, 0.6) is 0 Å². The van der Waals surface area contributed by atoms with Crippen LogP contribution < -0.4 is 5.32 Å². The standard InChI is InChI=1S/C18H26N2O5/c1-6-11-20(17(24)25-18(3,4)5)12(2)15(21)19-14-9-7-13(8-10-14)16(22)23/h7-10,12H,6,11H2,1-5H3,(H,19,21)(H,22,23)/t12-/m0/s1. The molecule has 0 aliphatic heterocycles. The van der Waals surface area contributed by atoms with Gasteiger partial charge in [-0.15, -0.1) is 0 Å². The number of carbonyl (C=O) groups excluding carboxylic acids is 2. The summed E-state index contributed by atoms with van der Waals surface area (Å²) < 4.78 is 5.36. The van der Waals surface area contributed by atoms with E-state index in [4.69, 9.17) is 9.84 Å². The Morgan fingerprint density at radius 2 is 1.76 bits per heavy atom. The van der Waals surface area contributed by atoms with E-state index in [9.17, 15) is 14.4 Å². The monoisotopic (exact) mass is 350 g/mol. The lowest BCUT2D eigenvalue weighted by molar-refractivity contribution is -0.120. The Morgan fingerprint density at radius 1 is 1.20 bits per heavy atom. The summed E-state index contributed by atoms with van der Waals surface area (Å²) in [6.07, 6.45) is 0.141. The summed E-state index contributed by atoms with van der Waals surface area (Å²) in [5, 5.41) is 11.6. The summed E-state index contributed by atoms with van der Waals surface area (Å²) in [6, 6.07) is 5.09. The molecule has 7 heteroatoms. The molecule has 2 amide bonds. The summed E-state index contributed by atoms with van der Waals surface area (Å²) >= 11 is 0. The zero-order valence-electron chi connectivity index (χ0n) is 15.3. The predicted octanol–water partition coefficient (Wildman–Crippen LogP) is 3.36. The zero-order valence-corrected chi connectivity index (χ0v) is 15.3. The van der Waals surface area contributed by atoms with Gasteiger partial charge in [-0.3, -0.25) is 9.69 Å². The van der Waals surface area contributed by atoms with Gasteiger partial charge in [0, 0.05) is 12.2 Å². The Morgan fingerprint density at radius 3 is 2.20 bits per heavy atom. The molecule has 1 rings (SSSR count). The largest absolute Gasteiger partial charge is 0.478 e. The molecular formula is C18H26N2O5. The van der Waals surface area contributed by atoms with E-state index in [1.807, 2.05) is 6.92 Å². The molecule has 0 fully saturated rings. The van der Waals surface area contributed by atoms with E-state index in [0.29, 0.717) is 18.7 Å². The van der Waals surface area contributed by atoms with E-state index in [0.717, 1.165) is 0 Å². The van der Waals surface area contributed by atoms with Gasteiger partial charge in [-0.2, -0.15) is 0 Å². The van der Waals surface area contributed by atoms with Gasteiger partial charge in [0.15, 0.2) is 0 Å². The molecule has 7 nitrogen and oxygen atoms in total. The van der Waals surface area contributed by atoms with Crippen LogP contribution in [0.3, 0.4) is 0 Å². The number of anilines is 1. The lowest BCUT2D eigenvalue weighted by Crippen LogP contribution is -2.47. The van der Waals surface area contributed by atoms with Gasteiger partial charge in [-0.05, 0) is 58.4 Å². The van der Waals surface area contributed by atoms with E-state index >= 15 is 0 Å². The molecule has 2 N–H and O–H groups in total. The minimum atomic E-state index is -1.04. The number of rotatable bonds is 6. The van der Waals surface area contributed by atoms with Crippen LogP contribution >= 0.6 is 0 Å². The van der Waals surface area contributed by atoms with Crippen molar-refractivity contribution in [2.75, 3.05) is 11.9 Å². The Hall–Kier alpha value is -2.57. The molecule has 1 aromatic rings. The van der Waals surface area contributed by atoms with E-state index in [1.54, 1.807) is 27.7 Å². The van der Waals surface area contributed by atoms with Gasteiger partial charge < -0.3 is 15.2 Å². The first-order valence-corrected chi connectivity index (χ1v) is 8.19. The average molecular weight is 350 g/mol. The van der Waals surface area contributed by atoms with E-state index < -0.39 is 23.7 Å². The van der Waals surface area contributed by atoms with Crippen molar-refractivity contribution in [3.05, 3.63) is 29.8 Å². The molecule has 138 valence electrons. The average Bonchev–Trinajstić information content (AvgIpc) is 2.50. The van der Waals surface area contributed by atoms with Crippen LogP contribution in [0.1, 0.15) is 51.4 Å². The van der Waals surface area contributed by atoms with Gasteiger partial charge in [0.05, 0.1) is 5.56 Å². The summed E-state index contributed by atoms with van der Waals surface area (Å²) in [5.74, 6) is -1.41. The van der Waals surface area contributed by atoms with Crippen LogP contribution in [0.25, 0.3) is 0 Å². The van der Waals surface area contributed by atoms with Crippen LogP contribution in [0, 0.1) is 0 Å². The highest BCUT2D eigenvalue weighted by molar-refractivity contribution is 5.97. The third-order valence-corrected chi connectivity index (χ3v) is 3.34. The van der Waals surface area contributed by atoms with Crippen molar-refractivity contribution in [3.63, 3.8) is 0 Å². The lowest BCUT2D eigenvalue weighted by Gasteiger charge is -2.30. The quantitative estimate of drug-likeness (QED) is 0.820. The highest BCUT2D eigenvalue weighted by atomic mass is 16.6. The molecule has 1 atom stereocenters. The number of aromatic carboxylic acids is 1. The first kappa shape index (κ1) is 20.5. The minimum Gasteiger partial charge on any atom is -0.478 e. The molecule has 1 aromatic carbocycles. The van der Waals surface area contributed by atoms with Crippen molar-refractivity contribution >= 4 is 23.7 Å². The van der Waals surface area contributed by atoms with Gasteiger partial charge in [0.25, 0.3) is 0 Å². The zero-order chi connectivity index (χ0) is 19.2. The normalized spacial score (nSPS) is 12.2. The molecular weight excluding hydrogens is 324 g/mol. The smallest absolute Gasteiger partial charge is 0.410 e. The second-order valence-corrected chi connectivity index (χ2v) is 6.72. The number of amides is 2. The molecule has 0 radical (unpaired) electrons. The first-order chi connectivity index (χ1) is 11.5. The SMILES string of the molecule is CCCN(C(=O)OC(C)(C)C)[C@@H](C)C(=O)Nc1ccc(C(=O)O)cc1. The molecule has 0 aromatic heterocycles. The molecule has 0 saturated heterocycles. The lowest BCUT2D eigenvalue weighted by atomic mass is 10.2.